The highest BCUT2D eigenvalue weighted by molar-refractivity contribution is 7.80. The molecule has 1 saturated heterocycles. The Morgan fingerprint density at radius 1 is 1.56 bits per heavy atom. The molecule has 0 bridgehead atoms. The minimum atomic E-state index is 1.16. The summed E-state index contributed by atoms with van der Waals surface area (Å²) in [5.41, 5.74) is 0. The van der Waals surface area contributed by atoms with Crippen molar-refractivity contribution in [1.29, 1.82) is 0 Å². The SMILES string of the molecule is [SiH3]CN1CCCCC1=S. The van der Waals surface area contributed by atoms with Crippen LogP contribution in [0.4, 0.5) is 0 Å². The van der Waals surface area contributed by atoms with Crippen LogP contribution in [0.15, 0.2) is 0 Å². The Hall–Kier alpha value is 0.107. The summed E-state index contributed by atoms with van der Waals surface area (Å²) in [5, 5.41) is 0. The zero-order chi connectivity index (χ0) is 6.69. The van der Waals surface area contributed by atoms with E-state index in [1.807, 2.05) is 0 Å². The third-order valence-corrected chi connectivity index (χ3v) is 3.03. The van der Waals surface area contributed by atoms with Crippen LogP contribution in [0, 0.1) is 0 Å². The van der Waals surface area contributed by atoms with Gasteiger partial charge in [-0.05, 0) is 19.3 Å². The van der Waals surface area contributed by atoms with Crippen molar-refractivity contribution in [2.45, 2.75) is 19.3 Å². The molecule has 0 aromatic rings. The average molecular weight is 159 g/mol. The molecule has 1 fully saturated rings. The molecule has 0 aromatic heterocycles. The van der Waals surface area contributed by atoms with Crippen molar-refractivity contribution in [2.75, 3.05) is 12.7 Å². The van der Waals surface area contributed by atoms with E-state index in [0.717, 1.165) is 6.42 Å². The fraction of sp³-hybridized carbons (Fsp3) is 0.833. The van der Waals surface area contributed by atoms with Crippen molar-refractivity contribution >= 4 is 27.4 Å². The first kappa shape index (κ1) is 7.22. The van der Waals surface area contributed by atoms with Crippen molar-refractivity contribution < 1.29 is 0 Å². The number of piperidine rings is 1. The lowest BCUT2D eigenvalue weighted by molar-refractivity contribution is 0.427. The minimum Gasteiger partial charge on any atom is -0.370 e. The minimum absolute atomic E-state index is 1.16. The van der Waals surface area contributed by atoms with Crippen LogP contribution >= 0.6 is 12.2 Å². The van der Waals surface area contributed by atoms with Gasteiger partial charge >= 0.3 is 0 Å². The monoisotopic (exact) mass is 159 g/mol. The molecule has 0 amide bonds. The highest BCUT2D eigenvalue weighted by atomic mass is 32.1. The van der Waals surface area contributed by atoms with Crippen LogP contribution in [-0.4, -0.2) is 32.8 Å². The van der Waals surface area contributed by atoms with E-state index in [1.54, 1.807) is 0 Å². The summed E-state index contributed by atoms with van der Waals surface area (Å²) in [6.07, 6.45) is 5.07. The molecule has 0 saturated carbocycles. The van der Waals surface area contributed by atoms with Gasteiger partial charge in [0.05, 0.1) is 4.99 Å². The maximum absolute atomic E-state index is 5.17. The Morgan fingerprint density at radius 2 is 2.33 bits per heavy atom. The molecule has 0 aliphatic carbocycles. The highest BCUT2D eigenvalue weighted by Crippen LogP contribution is 2.10. The smallest absolute Gasteiger partial charge is 0.0776 e. The van der Waals surface area contributed by atoms with Gasteiger partial charge in [0.1, 0.15) is 0 Å². The number of hydrogen-bond acceptors (Lipinski definition) is 1. The molecule has 0 spiro atoms. The number of hydrogen-bond donors (Lipinski definition) is 0. The van der Waals surface area contributed by atoms with E-state index in [1.165, 1.54) is 40.8 Å². The summed E-state index contributed by atoms with van der Waals surface area (Å²) in [4.78, 5) is 3.56. The van der Waals surface area contributed by atoms with Crippen molar-refractivity contribution in [3.8, 4) is 0 Å². The van der Waals surface area contributed by atoms with E-state index in [2.05, 4.69) is 4.90 Å². The lowest BCUT2D eigenvalue weighted by Gasteiger charge is -2.27. The van der Waals surface area contributed by atoms with Crippen LogP contribution < -0.4 is 0 Å². The number of nitrogens with zero attached hydrogens (tertiary/aromatic N) is 1. The quantitative estimate of drug-likeness (QED) is 0.395. The van der Waals surface area contributed by atoms with E-state index >= 15 is 0 Å². The first-order chi connectivity index (χ1) is 4.34. The summed E-state index contributed by atoms with van der Waals surface area (Å²) in [5.74, 6) is 0. The molecule has 9 heavy (non-hydrogen) atoms. The van der Waals surface area contributed by atoms with Gasteiger partial charge in [-0.25, -0.2) is 0 Å². The molecule has 1 heterocycles. The Bertz CT molecular complexity index is 116. The van der Waals surface area contributed by atoms with Crippen LogP contribution in [0.2, 0.25) is 0 Å². The van der Waals surface area contributed by atoms with Crippen LogP contribution in [-0.2, 0) is 0 Å². The van der Waals surface area contributed by atoms with Gasteiger partial charge in [-0.15, -0.1) is 0 Å². The van der Waals surface area contributed by atoms with Crippen LogP contribution in [0.25, 0.3) is 0 Å². The molecule has 0 atom stereocenters. The first-order valence-electron chi connectivity index (χ1n) is 3.62. The van der Waals surface area contributed by atoms with Gasteiger partial charge in [0.25, 0.3) is 0 Å². The number of likely N-dealkylation sites (tertiary alicyclic amines) is 1. The standard InChI is InChI=1S/C6H13NSSi/c8-6-3-1-2-4-7(6)5-9/h1-5H2,9H3. The summed E-state index contributed by atoms with van der Waals surface area (Å²) in [7, 11) is 1.26. The second-order valence-corrected chi connectivity index (χ2v) is 3.53. The molecule has 1 nitrogen and oxygen atoms in total. The van der Waals surface area contributed by atoms with Crippen LogP contribution in [0.1, 0.15) is 19.3 Å². The Kier molecular flexibility index (Phi) is 2.66. The van der Waals surface area contributed by atoms with Gasteiger partial charge < -0.3 is 4.90 Å². The van der Waals surface area contributed by atoms with Gasteiger partial charge in [-0.1, -0.05) is 12.2 Å². The molecule has 0 radical (unpaired) electrons. The zero-order valence-electron chi connectivity index (χ0n) is 5.89. The molecule has 52 valence electrons. The van der Waals surface area contributed by atoms with Crippen LogP contribution in [0.5, 0.6) is 0 Å². The Balaban J connectivity index is 2.39. The van der Waals surface area contributed by atoms with Crippen molar-refractivity contribution in [3.05, 3.63) is 0 Å². The molecule has 0 aromatic carbocycles. The van der Waals surface area contributed by atoms with E-state index in [0.29, 0.717) is 0 Å². The van der Waals surface area contributed by atoms with Gasteiger partial charge in [-0.3, -0.25) is 0 Å². The number of rotatable bonds is 1. The van der Waals surface area contributed by atoms with Crippen molar-refractivity contribution in [1.82, 2.24) is 4.90 Å². The summed E-state index contributed by atoms with van der Waals surface area (Å²) >= 11 is 5.17. The normalized spacial score (nSPS) is 20.9. The Labute approximate surface area is 64.8 Å². The zero-order valence-corrected chi connectivity index (χ0v) is 8.71. The maximum Gasteiger partial charge on any atom is 0.0776 e. The molecule has 1 rings (SSSR count). The van der Waals surface area contributed by atoms with Crippen LogP contribution in [0.3, 0.4) is 0 Å². The van der Waals surface area contributed by atoms with Crippen molar-refractivity contribution in [2.24, 2.45) is 0 Å². The second kappa shape index (κ2) is 3.32. The molecule has 1 aliphatic heterocycles. The van der Waals surface area contributed by atoms with E-state index in [9.17, 15) is 0 Å². The topological polar surface area (TPSA) is 3.24 Å². The largest absolute Gasteiger partial charge is 0.370 e. The fourth-order valence-electron chi connectivity index (χ4n) is 1.20. The number of thiocarbonyl (C=S) groups is 1. The summed E-state index contributed by atoms with van der Waals surface area (Å²) < 4.78 is 0. The molecule has 0 unspecified atom stereocenters. The fourth-order valence-corrected chi connectivity index (χ4v) is 2.49. The molecular formula is C6H13NSSi. The molecule has 1 aliphatic rings. The lowest BCUT2D eigenvalue weighted by atomic mass is 10.1. The lowest BCUT2D eigenvalue weighted by Crippen LogP contribution is -2.34. The Morgan fingerprint density at radius 3 is 2.78 bits per heavy atom. The predicted molar refractivity (Wildman–Crippen MR) is 48.0 cm³/mol. The highest BCUT2D eigenvalue weighted by Gasteiger charge is 2.11. The van der Waals surface area contributed by atoms with Gasteiger partial charge in [0.15, 0.2) is 0 Å². The molecule has 0 N–H and O–H groups in total. The van der Waals surface area contributed by atoms with Gasteiger partial charge in [0.2, 0.25) is 0 Å². The molecular weight excluding hydrogens is 146 g/mol. The summed E-state index contributed by atoms with van der Waals surface area (Å²) in [6.45, 7) is 1.22. The first-order valence-corrected chi connectivity index (χ1v) is 5.44. The van der Waals surface area contributed by atoms with Crippen molar-refractivity contribution in [3.63, 3.8) is 0 Å². The summed E-state index contributed by atoms with van der Waals surface area (Å²) in [6, 6.07) is 0. The third kappa shape index (κ3) is 1.76. The third-order valence-electron chi connectivity index (χ3n) is 1.80. The predicted octanol–water partition coefficient (Wildman–Crippen LogP) is 0.123. The van der Waals surface area contributed by atoms with E-state index in [-0.39, 0.29) is 0 Å². The molecule has 3 heteroatoms. The average Bonchev–Trinajstić information content (AvgIpc) is 1.89. The van der Waals surface area contributed by atoms with E-state index < -0.39 is 0 Å². The van der Waals surface area contributed by atoms with E-state index in [4.69, 9.17) is 12.2 Å². The second-order valence-electron chi connectivity index (χ2n) is 2.43. The van der Waals surface area contributed by atoms with Gasteiger partial charge in [0, 0.05) is 23.0 Å². The van der Waals surface area contributed by atoms with Gasteiger partial charge in [-0.2, -0.15) is 0 Å². The maximum atomic E-state index is 5.17.